The number of hydrogen-bond donors (Lipinski definition) is 1. The van der Waals surface area contributed by atoms with Crippen molar-refractivity contribution in [3.63, 3.8) is 0 Å². The van der Waals surface area contributed by atoms with E-state index >= 15 is 0 Å². The number of halogens is 1. The number of benzene rings is 1. The molecule has 1 aliphatic rings. The number of carbonyl (C=O) groups is 1. The van der Waals surface area contributed by atoms with Crippen molar-refractivity contribution in [2.45, 2.75) is 19.4 Å². The number of nitrogens with one attached hydrogen (secondary N) is 1. The van der Waals surface area contributed by atoms with Crippen molar-refractivity contribution in [1.29, 1.82) is 0 Å². The molecule has 0 spiro atoms. The molecule has 0 atom stereocenters. The summed E-state index contributed by atoms with van der Waals surface area (Å²) in [6.07, 6.45) is 1.64. The normalized spacial score (nSPS) is 18.6. The molecule has 2 nitrogen and oxygen atoms in total. The Balaban J connectivity index is 2.43. The third kappa shape index (κ3) is 1.90. The van der Waals surface area contributed by atoms with E-state index in [9.17, 15) is 4.79 Å². The summed E-state index contributed by atoms with van der Waals surface area (Å²) in [6.45, 7) is 3.97. The maximum Gasteiger partial charge on any atom is 0.245 e. The van der Waals surface area contributed by atoms with Gasteiger partial charge in [0, 0.05) is 11.1 Å². The van der Waals surface area contributed by atoms with Crippen molar-refractivity contribution in [1.82, 2.24) is 5.32 Å². The summed E-state index contributed by atoms with van der Waals surface area (Å²) >= 11 is 5.82. The SMILES string of the molecule is CC1(C)NC(=O)C=C1c1ccc(Cl)cc1. The molecule has 3 heteroatoms. The quantitative estimate of drug-likeness (QED) is 0.776. The van der Waals surface area contributed by atoms with E-state index in [1.807, 2.05) is 38.1 Å². The zero-order valence-electron chi connectivity index (χ0n) is 8.67. The molecule has 0 aliphatic carbocycles. The molecular formula is C12H12ClNO. The fourth-order valence-electron chi connectivity index (χ4n) is 1.80. The summed E-state index contributed by atoms with van der Waals surface area (Å²) in [4.78, 5) is 11.3. The molecule has 1 aliphatic heterocycles. The minimum Gasteiger partial charge on any atom is -0.344 e. The van der Waals surface area contributed by atoms with Crippen molar-refractivity contribution in [2.75, 3.05) is 0 Å². The molecule has 1 N–H and O–H groups in total. The van der Waals surface area contributed by atoms with Crippen LogP contribution in [-0.2, 0) is 4.79 Å². The zero-order chi connectivity index (χ0) is 11.1. The minimum absolute atomic E-state index is 0.0371. The summed E-state index contributed by atoms with van der Waals surface area (Å²) in [5.74, 6) is -0.0371. The lowest BCUT2D eigenvalue weighted by Crippen LogP contribution is -2.37. The first-order valence-corrected chi connectivity index (χ1v) is 5.17. The molecule has 1 aromatic rings. The van der Waals surface area contributed by atoms with E-state index < -0.39 is 0 Å². The van der Waals surface area contributed by atoms with Crippen LogP contribution >= 0.6 is 11.6 Å². The Morgan fingerprint density at radius 3 is 2.27 bits per heavy atom. The second-order valence-electron chi connectivity index (χ2n) is 4.18. The molecule has 0 unspecified atom stereocenters. The van der Waals surface area contributed by atoms with E-state index in [0.29, 0.717) is 5.02 Å². The Labute approximate surface area is 93.9 Å². The zero-order valence-corrected chi connectivity index (χ0v) is 9.43. The van der Waals surface area contributed by atoms with Crippen LogP contribution in [0.25, 0.3) is 5.57 Å². The topological polar surface area (TPSA) is 29.1 Å². The van der Waals surface area contributed by atoms with Gasteiger partial charge < -0.3 is 5.32 Å². The summed E-state index contributed by atoms with van der Waals surface area (Å²) < 4.78 is 0. The van der Waals surface area contributed by atoms with E-state index in [1.54, 1.807) is 6.08 Å². The van der Waals surface area contributed by atoms with Crippen LogP contribution in [0.4, 0.5) is 0 Å². The fraction of sp³-hybridized carbons (Fsp3) is 0.250. The predicted octanol–water partition coefficient (Wildman–Crippen LogP) is 2.63. The third-order valence-electron chi connectivity index (χ3n) is 2.54. The van der Waals surface area contributed by atoms with Crippen molar-refractivity contribution in [3.05, 3.63) is 40.9 Å². The molecular weight excluding hydrogens is 210 g/mol. The molecule has 0 saturated carbocycles. The largest absolute Gasteiger partial charge is 0.344 e. The van der Waals surface area contributed by atoms with Crippen LogP contribution in [0, 0.1) is 0 Å². The van der Waals surface area contributed by atoms with E-state index in [-0.39, 0.29) is 11.4 Å². The lowest BCUT2D eigenvalue weighted by Gasteiger charge is -2.23. The lowest BCUT2D eigenvalue weighted by molar-refractivity contribution is -0.116. The van der Waals surface area contributed by atoms with E-state index in [4.69, 9.17) is 11.6 Å². The van der Waals surface area contributed by atoms with Gasteiger partial charge >= 0.3 is 0 Å². The number of amides is 1. The smallest absolute Gasteiger partial charge is 0.245 e. The van der Waals surface area contributed by atoms with Crippen LogP contribution in [0.2, 0.25) is 5.02 Å². The van der Waals surface area contributed by atoms with Crippen molar-refractivity contribution in [3.8, 4) is 0 Å². The fourth-order valence-corrected chi connectivity index (χ4v) is 1.92. The highest BCUT2D eigenvalue weighted by Crippen LogP contribution is 2.31. The molecule has 2 rings (SSSR count). The van der Waals surface area contributed by atoms with Gasteiger partial charge in [-0.05, 0) is 37.1 Å². The number of carbonyl (C=O) groups excluding carboxylic acids is 1. The second kappa shape index (κ2) is 3.38. The Hall–Kier alpha value is -1.28. The standard InChI is InChI=1S/C12H12ClNO/c1-12(2)10(7-11(15)14-12)8-3-5-9(13)6-4-8/h3-7H,1-2H3,(H,14,15). The molecule has 78 valence electrons. The Morgan fingerprint density at radius 2 is 1.80 bits per heavy atom. The van der Waals surface area contributed by atoms with Crippen LogP contribution in [-0.4, -0.2) is 11.4 Å². The maximum atomic E-state index is 11.3. The van der Waals surface area contributed by atoms with Gasteiger partial charge in [-0.25, -0.2) is 0 Å². The van der Waals surface area contributed by atoms with Gasteiger partial charge in [0.2, 0.25) is 5.91 Å². The van der Waals surface area contributed by atoms with Gasteiger partial charge in [0.1, 0.15) is 0 Å². The van der Waals surface area contributed by atoms with Gasteiger partial charge in [0.25, 0.3) is 0 Å². The average Bonchev–Trinajstić information content (AvgIpc) is 2.41. The molecule has 1 heterocycles. The van der Waals surface area contributed by atoms with Crippen LogP contribution in [0.15, 0.2) is 30.3 Å². The molecule has 0 radical (unpaired) electrons. The van der Waals surface area contributed by atoms with Crippen LogP contribution in [0.1, 0.15) is 19.4 Å². The van der Waals surface area contributed by atoms with Gasteiger partial charge in [-0.15, -0.1) is 0 Å². The molecule has 15 heavy (non-hydrogen) atoms. The summed E-state index contributed by atoms with van der Waals surface area (Å²) in [7, 11) is 0. The van der Waals surface area contributed by atoms with E-state index in [0.717, 1.165) is 11.1 Å². The summed E-state index contributed by atoms with van der Waals surface area (Å²) in [5, 5.41) is 3.59. The number of rotatable bonds is 1. The van der Waals surface area contributed by atoms with E-state index in [2.05, 4.69) is 5.32 Å². The second-order valence-corrected chi connectivity index (χ2v) is 4.62. The molecule has 0 saturated heterocycles. The van der Waals surface area contributed by atoms with Crippen molar-refractivity contribution < 1.29 is 4.79 Å². The van der Waals surface area contributed by atoms with Gasteiger partial charge in [0.15, 0.2) is 0 Å². The van der Waals surface area contributed by atoms with Gasteiger partial charge in [-0.3, -0.25) is 4.79 Å². The Kier molecular flexibility index (Phi) is 2.31. The monoisotopic (exact) mass is 221 g/mol. The van der Waals surface area contributed by atoms with Crippen molar-refractivity contribution >= 4 is 23.1 Å². The Bertz CT molecular complexity index is 431. The van der Waals surface area contributed by atoms with Crippen LogP contribution < -0.4 is 5.32 Å². The molecule has 1 aromatic carbocycles. The highest BCUT2D eigenvalue weighted by Gasteiger charge is 2.31. The van der Waals surface area contributed by atoms with E-state index in [1.165, 1.54) is 0 Å². The molecule has 0 fully saturated rings. The van der Waals surface area contributed by atoms with Gasteiger partial charge in [-0.2, -0.15) is 0 Å². The lowest BCUT2D eigenvalue weighted by atomic mass is 9.91. The van der Waals surface area contributed by atoms with Crippen LogP contribution in [0.3, 0.4) is 0 Å². The molecule has 1 amide bonds. The first-order chi connectivity index (χ1) is 6.99. The van der Waals surface area contributed by atoms with Crippen LogP contribution in [0.5, 0.6) is 0 Å². The average molecular weight is 222 g/mol. The maximum absolute atomic E-state index is 11.3. The summed E-state index contributed by atoms with van der Waals surface area (Å²) in [6, 6.07) is 7.51. The predicted molar refractivity (Wildman–Crippen MR) is 61.7 cm³/mol. The minimum atomic E-state index is -0.301. The molecule has 0 bridgehead atoms. The van der Waals surface area contributed by atoms with Crippen molar-refractivity contribution in [2.24, 2.45) is 0 Å². The molecule has 0 aromatic heterocycles. The highest BCUT2D eigenvalue weighted by molar-refractivity contribution is 6.30. The summed E-state index contributed by atoms with van der Waals surface area (Å²) in [5.41, 5.74) is 1.73. The first-order valence-electron chi connectivity index (χ1n) is 4.79. The number of hydrogen-bond acceptors (Lipinski definition) is 1. The van der Waals surface area contributed by atoms with Gasteiger partial charge in [0.05, 0.1) is 5.54 Å². The Morgan fingerprint density at radius 1 is 1.20 bits per heavy atom. The first kappa shape index (κ1) is 10.2. The third-order valence-corrected chi connectivity index (χ3v) is 2.79. The highest BCUT2D eigenvalue weighted by atomic mass is 35.5. The van der Waals surface area contributed by atoms with Gasteiger partial charge in [-0.1, -0.05) is 23.7 Å².